The molecule has 0 aliphatic carbocycles. The Labute approximate surface area is 112 Å². The molecule has 2 rings (SSSR count). The molecule has 1 N–H and O–H groups in total. The molecule has 4 nitrogen and oxygen atoms in total. The van der Waals surface area contributed by atoms with Crippen molar-refractivity contribution in [2.45, 2.75) is 19.4 Å². The number of carbonyl (C=O) groups is 2. The standard InChI is InChI=1S/C15H16N2O2/c1-11(2)15(6-5-13(10-19)8-17-15)14-4-3-12(9-18)7-16-14/h3-11,17H,1-2H3. The van der Waals surface area contributed by atoms with Crippen LogP contribution < -0.4 is 5.32 Å². The second-order valence-corrected chi connectivity index (χ2v) is 4.86. The molecule has 1 atom stereocenters. The predicted octanol–water partition coefficient (Wildman–Crippen LogP) is 1.99. The summed E-state index contributed by atoms with van der Waals surface area (Å²) >= 11 is 0. The van der Waals surface area contributed by atoms with Gasteiger partial charge in [0.05, 0.1) is 5.69 Å². The smallest absolute Gasteiger partial charge is 0.151 e. The normalized spacial score (nSPS) is 21.7. The van der Waals surface area contributed by atoms with E-state index in [1.54, 1.807) is 24.5 Å². The van der Waals surface area contributed by atoms with E-state index < -0.39 is 5.54 Å². The van der Waals surface area contributed by atoms with Crippen LogP contribution in [0.5, 0.6) is 0 Å². The van der Waals surface area contributed by atoms with E-state index >= 15 is 0 Å². The molecular formula is C15H16N2O2. The Kier molecular flexibility index (Phi) is 3.60. The summed E-state index contributed by atoms with van der Waals surface area (Å²) in [4.78, 5) is 25.8. The minimum Gasteiger partial charge on any atom is -0.376 e. The number of hydrogen-bond donors (Lipinski definition) is 1. The molecule has 0 amide bonds. The fourth-order valence-electron chi connectivity index (χ4n) is 2.13. The highest BCUT2D eigenvalue weighted by Crippen LogP contribution is 2.32. The van der Waals surface area contributed by atoms with Crippen molar-refractivity contribution in [3.63, 3.8) is 0 Å². The predicted molar refractivity (Wildman–Crippen MR) is 72.6 cm³/mol. The molecule has 0 bridgehead atoms. The molecule has 0 saturated carbocycles. The third-order valence-electron chi connectivity index (χ3n) is 3.41. The second-order valence-electron chi connectivity index (χ2n) is 4.86. The van der Waals surface area contributed by atoms with Gasteiger partial charge in [-0.3, -0.25) is 14.6 Å². The second kappa shape index (κ2) is 5.18. The van der Waals surface area contributed by atoms with Gasteiger partial charge in [-0.15, -0.1) is 0 Å². The fourth-order valence-corrected chi connectivity index (χ4v) is 2.13. The lowest BCUT2D eigenvalue weighted by Crippen LogP contribution is -2.44. The van der Waals surface area contributed by atoms with Crippen molar-refractivity contribution in [2.24, 2.45) is 5.92 Å². The molecule has 1 unspecified atom stereocenters. The highest BCUT2D eigenvalue weighted by molar-refractivity contribution is 5.78. The van der Waals surface area contributed by atoms with Gasteiger partial charge in [-0.05, 0) is 18.1 Å². The number of aromatic nitrogens is 1. The van der Waals surface area contributed by atoms with E-state index in [1.165, 1.54) is 0 Å². The van der Waals surface area contributed by atoms with Crippen molar-refractivity contribution >= 4 is 12.6 Å². The molecule has 19 heavy (non-hydrogen) atoms. The third kappa shape index (κ3) is 2.34. The number of nitrogens with zero attached hydrogens (tertiary/aromatic N) is 1. The summed E-state index contributed by atoms with van der Waals surface area (Å²) in [6.07, 6.45) is 8.57. The van der Waals surface area contributed by atoms with Crippen LogP contribution >= 0.6 is 0 Å². The number of rotatable bonds is 4. The molecule has 1 aromatic heterocycles. The van der Waals surface area contributed by atoms with Crippen LogP contribution in [0.2, 0.25) is 0 Å². The molecule has 1 aromatic rings. The molecule has 0 aromatic carbocycles. The summed E-state index contributed by atoms with van der Waals surface area (Å²) in [5, 5.41) is 3.26. The van der Waals surface area contributed by atoms with Gasteiger partial charge in [0, 0.05) is 23.5 Å². The number of carbonyl (C=O) groups excluding carboxylic acids is 2. The topological polar surface area (TPSA) is 59.1 Å². The lowest BCUT2D eigenvalue weighted by Gasteiger charge is -2.37. The Morgan fingerprint density at radius 1 is 1.26 bits per heavy atom. The minimum absolute atomic E-state index is 0.239. The largest absolute Gasteiger partial charge is 0.376 e. The van der Waals surface area contributed by atoms with Gasteiger partial charge < -0.3 is 5.32 Å². The monoisotopic (exact) mass is 256 g/mol. The zero-order chi connectivity index (χ0) is 13.9. The highest BCUT2D eigenvalue weighted by atomic mass is 16.1. The number of hydrogen-bond acceptors (Lipinski definition) is 4. The molecular weight excluding hydrogens is 240 g/mol. The van der Waals surface area contributed by atoms with Crippen LogP contribution in [0.25, 0.3) is 0 Å². The first-order valence-corrected chi connectivity index (χ1v) is 6.16. The van der Waals surface area contributed by atoms with Gasteiger partial charge in [-0.1, -0.05) is 26.0 Å². The van der Waals surface area contributed by atoms with Crippen LogP contribution in [0.1, 0.15) is 29.9 Å². The number of dihydropyridines is 1. The molecule has 0 saturated heterocycles. The molecule has 0 fully saturated rings. The van der Waals surface area contributed by atoms with Crippen molar-refractivity contribution in [3.8, 4) is 0 Å². The number of pyridine rings is 1. The van der Waals surface area contributed by atoms with Gasteiger partial charge in [-0.25, -0.2) is 0 Å². The van der Waals surface area contributed by atoms with Gasteiger partial charge in [0.1, 0.15) is 5.54 Å². The van der Waals surface area contributed by atoms with Crippen LogP contribution in [0.15, 0.2) is 42.3 Å². The van der Waals surface area contributed by atoms with Crippen molar-refractivity contribution in [3.05, 3.63) is 53.5 Å². The van der Waals surface area contributed by atoms with Crippen molar-refractivity contribution in [2.75, 3.05) is 0 Å². The zero-order valence-electron chi connectivity index (χ0n) is 11.0. The van der Waals surface area contributed by atoms with E-state index in [2.05, 4.69) is 24.1 Å². The minimum atomic E-state index is -0.450. The lowest BCUT2D eigenvalue weighted by molar-refractivity contribution is -0.104. The van der Waals surface area contributed by atoms with Crippen LogP contribution in [0.3, 0.4) is 0 Å². The van der Waals surface area contributed by atoms with Crippen molar-refractivity contribution in [1.82, 2.24) is 10.3 Å². The number of aldehydes is 2. The summed E-state index contributed by atoms with van der Waals surface area (Å²) in [6.45, 7) is 4.15. The fraction of sp³-hybridized carbons (Fsp3) is 0.267. The average Bonchev–Trinajstić information content (AvgIpc) is 2.47. The first-order chi connectivity index (χ1) is 9.12. The van der Waals surface area contributed by atoms with Crippen LogP contribution in [-0.2, 0) is 10.3 Å². The van der Waals surface area contributed by atoms with E-state index in [0.29, 0.717) is 11.1 Å². The maximum atomic E-state index is 10.7. The Hall–Kier alpha value is -2.23. The van der Waals surface area contributed by atoms with Gasteiger partial charge in [0.25, 0.3) is 0 Å². The van der Waals surface area contributed by atoms with Crippen LogP contribution in [0, 0.1) is 5.92 Å². The molecule has 2 heterocycles. The Morgan fingerprint density at radius 3 is 2.47 bits per heavy atom. The summed E-state index contributed by atoms with van der Waals surface area (Å²) in [5.41, 5.74) is 1.52. The molecule has 98 valence electrons. The van der Waals surface area contributed by atoms with Gasteiger partial charge in [-0.2, -0.15) is 0 Å². The maximum Gasteiger partial charge on any atom is 0.151 e. The van der Waals surface area contributed by atoms with Gasteiger partial charge >= 0.3 is 0 Å². The van der Waals surface area contributed by atoms with E-state index in [0.717, 1.165) is 18.3 Å². The van der Waals surface area contributed by atoms with Crippen LogP contribution in [-0.4, -0.2) is 17.6 Å². The van der Waals surface area contributed by atoms with Gasteiger partial charge in [0.2, 0.25) is 0 Å². The summed E-state index contributed by atoms with van der Waals surface area (Å²) in [7, 11) is 0. The lowest BCUT2D eigenvalue weighted by atomic mass is 9.80. The Morgan fingerprint density at radius 2 is 2.05 bits per heavy atom. The number of nitrogens with one attached hydrogen (secondary N) is 1. The molecule has 0 spiro atoms. The Balaban J connectivity index is 2.41. The number of allylic oxidation sites excluding steroid dienone is 2. The van der Waals surface area contributed by atoms with E-state index in [9.17, 15) is 9.59 Å². The summed E-state index contributed by atoms with van der Waals surface area (Å²) in [5.74, 6) is 0.239. The first-order valence-electron chi connectivity index (χ1n) is 6.16. The molecule has 0 radical (unpaired) electrons. The summed E-state index contributed by atoms with van der Waals surface area (Å²) < 4.78 is 0. The molecule has 4 heteroatoms. The van der Waals surface area contributed by atoms with E-state index in [4.69, 9.17) is 0 Å². The Bertz CT molecular complexity index is 544. The van der Waals surface area contributed by atoms with Crippen molar-refractivity contribution < 1.29 is 9.59 Å². The average molecular weight is 256 g/mol. The first kappa shape index (κ1) is 13.2. The summed E-state index contributed by atoms with van der Waals surface area (Å²) in [6, 6.07) is 3.58. The third-order valence-corrected chi connectivity index (χ3v) is 3.41. The van der Waals surface area contributed by atoms with E-state index in [-0.39, 0.29) is 5.92 Å². The highest BCUT2D eigenvalue weighted by Gasteiger charge is 2.35. The van der Waals surface area contributed by atoms with Gasteiger partial charge in [0.15, 0.2) is 12.6 Å². The molecule has 1 aliphatic heterocycles. The maximum absolute atomic E-state index is 10.7. The zero-order valence-corrected chi connectivity index (χ0v) is 11.0. The SMILES string of the molecule is CC(C)C1(c2ccc(C=O)cn2)C=CC(C=O)=CN1. The quantitative estimate of drug-likeness (QED) is 0.837. The van der Waals surface area contributed by atoms with E-state index in [1.807, 2.05) is 12.1 Å². The molecule has 1 aliphatic rings. The van der Waals surface area contributed by atoms with Crippen molar-refractivity contribution in [1.29, 1.82) is 0 Å². The van der Waals surface area contributed by atoms with Crippen LogP contribution in [0.4, 0.5) is 0 Å².